The summed E-state index contributed by atoms with van der Waals surface area (Å²) >= 11 is 0. The standard InChI is InChI=1S/C47H48O12/c1-6-52-32(4)26-28-54-38-16-8-34(9-17-38)44(48)56-40-20-12-36(13-21-40)46(50)58-42-24-25-43(31(3)30-42)59-47(51)37-14-22-41(23-15-37)57-45(49)35-10-18-39(19-11-35)55-29-27-33(5)53-7-2/h8-25,30,32-33H,6-7,26-29H2,1-5H3. The van der Waals surface area contributed by atoms with E-state index in [2.05, 4.69) is 0 Å². The zero-order chi connectivity index (χ0) is 42.1. The zero-order valence-electron chi connectivity index (χ0n) is 33.8. The lowest BCUT2D eigenvalue weighted by atomic mass is 10.2. The van der Waals surface area contributed by atoms with E-state index in [0.717, 1.165) is 12.8 Å². The number of rotatable bonds is 20. The van der Waals surface area contributed by atoms with Gasteiger partial charge in [-0.25, -0.2) is 19.2 Å². The Morgan fingerprint density at radius 1 is 0.441 bits per heavy atom. The molecule has 0 aliphatic heterocycles. The van der Waals surface area contributed by atoms with Gasteiger partial charge in [-0.2, -0.15) is 0 Å². The molecule has 0 amide bonds. The van der Waals surface area contributed by atoms with Gasteiger partial charge in [-0.05, 0) is 155 Å². The maximum Gasteiger partial charge on any atom is 0.343 e. The summed E-state index contributed by atoms with van der Waals surface area (Å²) in [6, 6.07) is 29.8. The molecule has 0 saturated heterocycles. The van der Waals surface area contributed by atoms with Crippen molar-refractivity contribution in [2.75, 3.05) is 26.4 Å². The van der Waals surface area contributed by atoms with Crippen LogP contribution in [0.3, 0.4) is 0 Å². The number of aryl methyl sites for hydroxylation is 1. The minimum absolute atomic E-state index is 0.0992. The highest BCUT2D eigenvalue weighted by molar-refractivity contribution is 5.94. The number of esters is 4. The fraction of sp³-hybridized carbons (Fsp3) is 0.277. The third-order valence-corrected chi connectivity index (χ3v) is 8.83. The smallest absolute Gasteiger partial charge is 0.343 e. The van der Waals surface area contributed by atoms with E-state index in [1.807, 2.05) is 27.7 Å². The van der Waals surface area contributed by atoms with Gasteiger partial charge in [-0.3, -0.25) is 0 Å². The van der Waals surface area contributed by atoms with Crippen LogP contribution in [0.15, 0.2) is 115 Å². The van der Waals surface area contributed by atoms with Gasteiger partial charge < -0.3 is 37.9 Å². The summed E-state index contributed by atoms with van der Waals surface area (Å²) in [6.07, 6.45) is 1.69. The first-order valence-corrected chi connectivity index (χ1v) is 19.4. The van der Waals surface area contributed by atoms with Gasteiger partial charge in [0.15, 0.2) is 0 Å². The van der Waals surface area contributed by atoms with Crippen molar-refractivity contribution in [2.24, 2.45) is 0 Å². The van der Waals surface area contributed by atoms with E-state index in [0.29, 0.717) is 54.6 Å². The Morgan fingerprint density at radius 2 is 0.763 bits per heavy atom. The minimum Gasteiger partial charge on any atom is -0.493 e. The molecule has 2 unspecified atom stereocenters. The van der Waals surface area contributed by atoms with Crippen molar-refractivity contribution in [3.63, 3.8) is 0 Å². The van der Waals surface area contributed by atoms with E-state index in [1.165, 1.54) is 60.7 Å². The van der Waals surface area contributed by atoms with Crippen molar-refractivity contribution in [3.05, 3.63) is 143 Å². The van der Waals surface area contributed by atoms with E-state index >= 15 is 0 Å². The fourth-order valence-electron chi connectivity index (χ4n) is 5.57. The summed E-state index contributed by atoms with van der Waals surface area (Å²) in [6.45, 7) is 11.9. The van der Waals surface area contributed by atoms with Gasteiger partial charge in [0, 0.05) is 26.1 Å². The van der Waals surface area contributed by atoms with Crippen LogP contribution >= 0.6 is 0 Å². The van der Waals surface area contributed by atoms with Crippen LogP contribution in [0.2, 0.25) is 0 Å². The second-order valence-corrected chi connectivity index (χ2v) is 13.4. The predicted octanol–water partition coefficient (Wildman–Crippen LogP) is 9.26. The molecule has 308 valence electrons. The van der Waals surface area contributed by atoms with Crippen molar-refractivity contribution in [2.45, 2.75) is 59.7 Å². The Balaban J connectivity index is 1.06. The molecule has 0 aromatic heterocycles. The lowest BCUT2D eigenvalue weighted by Gasteiger charge is -2.12. The quantitative estimate of drug-likeness (QED) is 0.0547. The highest BCUT2D eigenvalue weighted by atomic mass is 16.6. The van der Waals surface area contributed by atoms with Gasteiger partial charge in [-0.1, -0.05) is 0 Å². The Morgan fingerprint density at radius 3 is 1.12 bits per heavy atom. The fourth-order valence-corrected chi connectivity index (χ4v) is 5.57. The maximum atomic E-state index is 12.9. The largest absolute Gasteiger partial charge is 0.493 e. The second kappa shape index (κ2) is 21.9. The molecule has 0 radical (unpaired) electrons. The Bertz CT molecular complexity index is 2140. The van der Waals surface area contributed by atoms with Gasteiger partial charge in [0.2, 0.25) is 0 Å². The summed E-state index contributed by atoms with van der Waals surface area (Å²) in [5.74, 6) is -0.118. The van der Waals surface area contributed by atoms with E-state index in [1.54, 1.807) is 61.5 Å². The van der Waals surface area contributed by atoms with Gasteiger partial charge in [0.05, 0.1) is 47.7 Å². The molecule has 5 aromatic carbocycles. The van der Waals surface area contributed by atoms with Crippen LogP contribution in [-0.2, 0) is 9.47 Å². The topological polar surface area (TPSA) is 142 Å². The lowest BCUT2D eigenvalue weighted by Crippen LogP contribution is -2.13. The maximum absolute atomic E-state index is 12.9. The zero-order valence-corrected chi connectivity index (χ0v) is 33.8. The third kappa shape index (κ3) is 13.6. The monoisotopic (exact) mass is 804 g/mol. The van der Waals surface area contributed by atoms with Crippen molar-refractivity contribution in [1.29, 1.82) is 0 Å². The Hall–Kier alpha value is -6.50. The number of carbonyl (C=O) groups is 4. The first kappa shape index (κ1) is 43.6. The molecule has 0 heterocycles. The number of hydrogen-bond acceptors (Lipinski definition) is 12. The van der Waals surface area contributed by atoms with Crippen LogP contribution in [-0.4, -0.2) is 62.5 Å². The van der Waals surface area contributed by atoms with Crippen LogP contribution in [0.5, 0.6) is 34.5 Å². The lowest BCUT2D eigenvalue weighted by molar-refractivity contribution is 0.0593. The molecule has 0 aliphatic rings. The average molecular weight is 805 g/mol. The van der Waals surface area contributed by atoms with E-state index < -0.39 is 23.9 Å². The number of ether oxygens (including phenoxy) is 8. The summed E-state index contributed by atoms with van der Waals surface area (Å²) in [4.78, 5) is 51.2. The Kier molecular flexibility index (Phi) is 16.2. The summed E-state index contributed by atoms with van der Waals surface area (Å²) < 4.78 is 44.5. The van der Waals surface area contributed by atoms with Crippen LogP contribution in [0.4, 0.5) is 0 Å². The molecule has 0 saturated carbocycles. The van der Waals surface area contributed by atoms with E-state index in [4.69, 9.17) is 37.9 Å². The van der Waals surface area contributed by atoms with Crippen molar-refractivity contribution < 1.29 is 57.1 Å². The molecule has 0 aliphatic carbocycles. The molecule has 59 heavy (non-hydrogen) atoms. The van der Waals surface area contributed by atoms with Crippen LogP contribution in [0, 0.1) is 6.92 Å². The van der Waals surface area contributed by atoms with Crippen molar-refractivity contribution in [1.82, 2.24) is 0 Å². The molecule has 12 heteroatoms. The molecule has 12 nitrogen and oxygen atoms in total. The molecule has 0 fully saturated rings. The van der Waals surface area contributed by atoms with Crippen LogP contribution in [0.1, 0.15) is 87.5 Å². The second-order valence-electron chi connectivity index (χ2n) is 13.4. The van der Waals surface area contributed by atoms with Crippen LogP contribution < -0.4 is 28.4 Å². The first-order chi connectivity index (χ1) is 28.5. The minimum atomic E-state index is -0.635. The number of carbonyl (C=O) groups excluding carboxylic acids is 4. The first-order valence-electron chi connectivity index (χ1n) is 19.4. The predicted molar refractivity (Wildman–Crippen MR) is 219 cm³/mol. The van der Waals surface area contributed by atoms with E-state index in [-0.39, 0.29) is 46.3 Å². The van der Waals surface area contributed by atoms with Crippen molar-refractivity contribution in [3.8, 4) is 34.5 Å². The molecule has 0 spiro atoms. The van der Waals surface area contributed by atoms with E-state index in [9.17, 15) is 19.2 Å². The molecular formula is C47H48O12. The molecule has 5 aromatic rings. The van der Waals surface area contributed by atoms with Crippen molar-refractivity contribution >= 4 is 23.9 Å². The number of benzene rings is 5. The SMILES string of the molecule is CCOC(C)CCOc1ccc(C(=O)Oc2ccc(C(=O)Oc3ccc(OC(=O)c4ccc(OC(=O)c5ccc(OCCC(C)OCC)cc5)cc4)c(C)c3)cc2)cc1. The third-order valence-electron chi connectivity index (χ3n) is 8.83. The molecule has 0 N–H and O–H groups in total. The molecule has 0 bridgehead atoms. The normalized spacial score (nSPS) is 11.8. The summed E-state index contributed by atoms with van der Waals surface area (Å²) in [7, 11) is 0. The number of hydrogen-bond donors (Lipinski definition) is 0. The summed E-state index contributed by atoms with van der Waals surface area (Å²) in [5, 5.41) is 0. The molecule has 2 atom stereocenters. The average Bonchev–Trinajstić information content (AvgIpc) is 3.23. The highest BCUT2D eigenvalue weighted by Gasteiger charge is 2.16. The van der Waals surface area contributed by atoms with Gasteiger partial charge in [0.1, 0.15) is 34.5 Å². The van der Waals surface area contributed by atoms with Gasteiger partial charge >= 0.3 is 23.9 Å². The molecule has 5 rings (SSSR count). The highest BCUT2D eigenvalue weighted by Crippen LogP contribution is 2.26. The molecular weight excluding hydrogens is 757 g/mol. The Labute approximate surface area is 343 Å². The van der Waals surface area contributed by atoms with Crippen LogP contribution in [0.25, 0.3) is 0 Å². The van der Waals surface area contributed by atoms with Gasteiger partial charge in [-0.15, -0.1) is 0 Å². The van der Waals surface area contributed by atoms with Gasteiger partial charge in [0.25, 0.3) is 0 Å². The summed E-state index contributed by atoms with van der Waals surface area (Å²) in [5.41, 5.74) is 1.69.